The fourth-order valence-corrected chi connectivity index (χ4v) is 3.95. The second-order valence-corrected chi connectivity index (χ2v) is 6.26. The first-order chi connectivity index (χ1) is 9.43. The molecule has 2 aliphatic heterocycles. The van der Waals surface area contributed by atoms with Crippen LogP contribution in [0.5, 0.6) is 0 Å². The Hall–Kier alpha value is -0.160. The molecule has 0 unspecified atom stereocenters. The lowest BCUT2D eigenvalue weighted by atomic mass is 9.87. The summed E-state index contributed by atoms with van der Waals surface area (Å²) in [5.74, 6) is 0. The van der Waals surface area contributed by atoms with Crippen molar-refractivity contribution in [1.82, 2.24) is 15.1 Å². The van der Waals surface area contributed by atoms with Gasteiger partial charge in [-0.15, -0.1) is 0 Å². The van der Waals surface area contributed by atoms with E-state index in [-0.39, 0.29) is 0 Å². The van der Waals surface area contributed by atoms with Crippen LogP contribution in [0.25, 0.3) is 0 Å². The Morgan fingerprint density at radius 1 is 1.00 bits per heavy atom. The minimum atomic E-state index is 0.783. The molecule has 1 aliphatic carbocycles. The van der Waals surface area contributed by atoms with Crippen LogP contribution in [0.3, 0.4) is 0 Å². The lowest BCUT2D eigenvalue weighted by Crippen LogP contribution is -2.59. The van der Waals surface area contributed by atoms with E-state index in [2.05, 4.69) is 15.1 Å². The molecule has 1 N–H and O–H groups in total. The van der Waals surface area contributed by atoms with E-state index in [9.17, 15) is 0 Å². The number of hydrogen-bond acceptors (Lipinski definition) is 4. The minimum Gasteiger partial charge on any atom is -0.379 e. The van der Waals surface area contributed by atoms with Gasteiger partial charge in [-0.2, -0.15) is 0 Å². The molecule has 4 nitrogen and oxygen atoms in total. The SMILES string of the molecule is C1CC[C@H]2[C@H](C1)NCCN2CCCN1CCOCC1. The number of rotatable bonds is 4. The normalized spacial score (nSPS) is 34.1. The average molecular weight is 267 g/mol. The average Bonchev–Trinajstić information content (AvgIpc) is 2.49. The van der Waals surface area contributed by atoms with E-state index >= 15 is 0 Å². The van der Waals surface area contributed by atoms with Crippen molar-refractivity contribution in [3.8, 4) is 0 Å². The van der Waals surface area contributed by atoms with Crippen molar-refractivity contribution in [2.45, 2.75) is 44.2 Å². The molecule has 4 heteroatoms. The van der Waals surface area contributed by atoms with Crippen molar-refractivity contribution in [3.63, 3.8) is 0 Å². The highest BCUT2D eigenvalue weighted by molar-refractivity contribution is 4.92. The molecule has 110 valence electrons. The fraction of sp³-hybridized carbons (Fsp3) is 1.00. The van der Waals surface area contributed by atoms with Gasteiger partial charge < -0.3 is 10.1 Å². The molecule has 19 heavy (non-hydrogen) atoms. The minimum absolute atomic E-state index is 0.783. The Morgan fingerprint density at radius 2 is 1.84 bits per heavy atom. The van der Waals surface area contributed by atoms with Gasteiger partial charge in [0.25, 0.3) is 0 Å². The van der Waals surface area contributed by atoms with Crippen LogP contribution in [0.4, 0.5) is 0 Å². The molecule has 2 saturated heterocycles. The third-order valence-electron chi connectivity index (χ3n) is 5.03. The first-order valence-electron chi connectivity index (χ1n) is 8.21. The quantitative estimate of drug-likeness (QED) is 0.820. The van der Waals surface area contributed by atoms with Crippen molar-refractivity contribution in [2.24, 2.45) is 0 Å². The summed E-state index contributed by atoms with van der Waals surface area (Å²) in [5.41, 5.74) is 0. The van der Waals surface area contributed by atoms with Crippen LogP contribution >= 0.6 is 0 Å². The van der Waals surface area contributed by atoms with Crippen molar-refractivity contribution < 1.29 is 4.74 Å². The molecule has 0 amide bonds. The summed E-state index contributed by atoms with van der Waals surface area (Å²) >= 11 is 0. The van der Waals surface area contributed by atoms with Crippen LogP contribution in [0.15, 0.2) is 0 Å². The zero-order valence-corrected chi connectivity index (χ0v) is 12.1. The Morgan fingerprint density at radius 3 is 2.74 bits per heavy atom. The predicted molar refractivity (Wildman–Crippen MR) is 77.5 cm³/mol. The number of ether oxygens (including phenoxy) is 1. The van der Waals surface area contributed by atoms with Crippen molar-refractivity contribution in [2.75, 3.05) is 52.5 Å². The van der Waals surface area contributed by atoms with E-state index in [1.807, 2.05) is 0 Å². The maximum absolute atomic E-state index is 5.41. The summed E-state index contributed by atoms with van der Waals surface area (Å²) < 4.78 is 5.41. The monoisotopic (exact) mass is 267 g/mol. The third-order valence-corrected chi connectivity index (χ3v) is 5.03. The van der Waals surface area contributed by atoms with Gasteiger partial charge in [0, 0.05) is 38.3 Å². The molecule has 2 atom stereocenters. The molecule has 0 spiro atoms. The second-order valence-electron chi connectivity index (χ2n) is 6.26. The van der Waals surface area contributed by atoms with Gasteiger partial charge in [-0.25, -0.2) is 0 Å². The number of morpholine rings is 1. The van der Waals surface area contributed by atoms with Crippen LogP contribution in [0.1, 0.15) is 32.1 Å². The van der Waals surface area contributed by atoms with Gasteiger partial charge in [0.15, 0.2) is 0 Å². The van der Waals surface area contributed by atoms with Gasteiger partial charge >= 0.3 is 0 Å². The molecule has 2 heterocycles. The molecule has 3 aliphatic rings. The zero-order chi connectivity index (χ0) is 12.9. The predicted octanol–water partition coefficient (Wildman–Crippen LogP) is 0.925. The van der Waals surface area contributed by atoms with Crippen LogP contribution < -0.4 is 5.32 Å². The molecule has 0 bridgehead atoms. The summed E-state index contributed by atoms with van der Waals surface area (Å²) in [7, 11) is 0. The molecule has 1 saturated carbocycles. The lowest BCUT2D eigenvalue weighted by Gasteiger charge is -2.45. The van der Waals surface area contributed by atoms with Crippen molar-refractivity contribution >= 4 is 0 Å². The topological polar surface area (TPSA) is 27.7 Å². The van der Waals surface area contributed by atoms with Gasteiger partial charge in [-0.3, -0.25) is 9.80 Å². The number of fused-ring (bicyclic) bond motifs is 1. The van der Waals surface area contributed by atoms with E-state index in [0.29, 0.717) is 0 Å². The zero-order valence-electron chi connectivity index (χ0n) is 12.1. The highest BCUT2D eigenvalue weighted by Crippen LogP contribution is 2.25. The molecular weight excluding hydrogens is 238 g/mol. The van der Waals surface area contributed by atoms with Crippen molar-refractivity contribution in [1.29, 1.82) is 0 Å². The highest BCUT2D eigenvalue weighted by Gasteiger charge is 2.32. The van der Waals surface area contributed by atoms with E-state index < -0.39 is 0 Å². The molecular formula is C15H29N3O. The summed E-state index contributed by atoms with van der Waals surface area (Å²) in [6, 6.07) is 1.61. The molecule has 3 rings (SSSR count). The van der Waals surface area contributed by atoms with Gasteiger partial charge in [-0.05, 0) is 32.4 Å². The first-order valence-corrected chi connectivity index (χ1v) is 8.21. The fourth-order valence-electron chi connectivity index (χ4n) is 3.95. The first kappa shape index (κ1) is 13.8. The standard InChI is InChI=1S/C15H29N3O/c1-2-5-15-14(4-1)16-6-9-18(15)8-3-7-17-10-12-19-13-11-17/h14-16H,1-13H2/t14-,15-/m0/s1. The number of nitrogens with zero attached hydrogens (tertiary/aromatic N) is 2. The van der Waals surface area contributed by atoms with Gasteiger partial charge in [0.05, 0.1) is 13.2 Å². The van der Waals surface area contributed by atoms with E-state index in [1.165, 1.54) is 58.3 Å². The van der Waals surface area contributed by atoms with Gasteiger partial charge in [0.2, 0.25) is 0 Å². The summed E-state index contributed by atoms with van der Waals surface area (Å²) in [6.45, 7) is 9.12. The Bertz CT molecular complexity index is 266. The van der Waals surface area contributed by atoms with Gasteiger partial charge in [-0.1, -0.05) is 12.8 Å². The highest BCUT2D eigenvalue weighted by atomic mass is 16.5. The number of hydrogen-bond donors (Lipinski definition) is 1. The molecule has 0 aromatic heterocycles. The molecule has 0 aromatic carbocycles. The van der Waals surface area contributed by atoms with Crippen molar-refractivity contribution in [3.05, 3.63) is 0 Å². The van der Waals surface area contributed by atoms with E-state index in [0.717, 1.165) is 38.4 Å². The largest absolute Gasteiger partial charge is 0.379 e. The maximum atomic E-state index is 5.41. The Kier molecular flexibility index (Phi) is 5.10. The Balaban J connectivity index is 1.40. The number of piperazine rings is 1. The van der Waals surface area contributed by atoms with Crippen LogP contribution in [-0.4, -0.2) is 74.4 Å². The number of nitrogens with one attached hydrogen (secondary N) is 1. The van der Waals surface area contributed by atoms with Crippen LogP contribution in [0, 0.1) is 0 Å². The lowest BCUT2D eigenvalue weighted by molar-refractivity contribution is 0.0325. The van der Waals surface area contributed by atoms with Crippen LogP contribution in [-0.2, 0) is 4.74 Å². The van der Waals surface area contributed by atoms with Gasteiger partial charge in [0.1, 0.15) is 0 Å². The summed E-state index contributed by atoms with van der Waals surface area (Å²) in [5, 5.41) is 3.72. The molecule has 0 aromatic rings. The molecule has 0 radical (unpaired) electrons. The maximum Gasteiger partial charge on any atom is 0.0594 e. The third kappa shape index (κ3) is 3.69. The van der Waals surface area contributed by atoms with E-state index in [1.54, 1.807) is 0 Å². The molecule has 3 fully saturated rings. The summed E-state index contributed by atoms with van der Waals surface area (Å²) in [4.78, 5) is 5.32. The second kappa shape index (κ2) is 7.02. The smallest absolute Gasteiger partial charge is 0.0594 e. The Labute approximate surface area is 117 Å². The summed E-state index contributed by atoms with van der Waals surface area (Å²) in [6.07, 6.45) is 6.99. The van der Waals surface area contributed by atoms with Crippen LogP contribution in [0.2, 0.25) is 0 Å². The van der Waals surface area contributed by atoms with E-state index in [4.69, 9.17) is 4.74 Å².